The Kier molecular flexibility index (Phi) is 5.53. The molecule has 2 aliphatic heterocycles. The molecule has 0 aromatic carbocycles. The van der Waals surface area contributed by atoms with Crippen LogP contribution in [0.5, 0.6) is 0 Å². The van der Waals surface area contributed by atoms with Crippen LogP contribution in [-0.2, 0) is 10.0 Å². The topological polar surface area (TPSA) is 69.7 Å². The summed E-state index contributed by atoms with van der Waals surface area (Å²) in [5, 5.41) is 3.78. The van der Waals surface area contributed by atoms with Crippen molar-refractivity contribution >= 4 is 27.3 Å². The summed E-state index contributed by atoms with van der Waals surface area (Å²) in [7, 11) is -1.17. The Labute approximate surface area is 154 Å². The molecule has 8 heteroatoms. The molecule has 0 radical (unpaired) electrons. The van der Waals surface area contributed by atoms with Gasteiger partial charge >= 0.3 is 0 Å². The van der Waals surface area contributed by atoms with Crippen molar-refractivity contribution in [2.24, 2.45) is 5.41 Å². The van der Waals surface area contributed by atoms with Crippen molar-refractivity contribution < 1.29 is 13.2 Å². The number of carbonyl (C=O) groups excluding carboxylic acids is 1. The highest BCUT2D eigenvalue weighted by molar-refractivity contribution is 7.88. The first-order chi connectivity index (χ1) is 11.8. The zero-order valence-electron chi connectivity index (χ0n) is 14.9. The lowest BCUT2D eigenvalue weighted by Gasteiger charge is -2.53. The summed E-state index contributed by atoms with van der Waals surface area (Å²) in [5.41, 5.74) is 0.716. The standard InChI is InChI=1S/C17H27N3O3S2/c1-19-9-6-17(7-10-19)5-3-8-20(15(17)12-18-25(2,22)23)16(21)14-4-11-24-13-14/h4,11,13,15,18H,3,5-10,12H2,1-2H3/t15-/m0/s1. The molecule has 0 bridgehead atoms. The van der Waals surface area contributed by atoms with Crippen LogP contribution in [0, 0.1) is 5.41 Å². The maximum atomic E-state index is 13.0. The van der Waals surface area contributed by atoms with E-state index in [0.717, 1.165) is 38.8 Å². The van der Waals surface area contributed by atoms with Crippen LogP contribution in [-0.4, -0.2) is 69.6 Å². The molecule has 1 N–H and O–H groups in total. The predicted molar refractivity (Wildman–Crippen MR) is 100 cm³/mol. The highest BCUT2D eigenvalue weighted by Crippen LogP contribution is 2.44. The molecule has 1 aromatic rings. The van der Waals surface area contributed by atoms with Gasteiger partial charge in [-0.15, -0.1) is 0 Å². The zero-order chi connectivity index (χ0) is 18.1. The fraction of sp³-hybridized carbons (Fsp3) is 0.706. The van der Waals surface area contributed by atoms with Crippen molar-refractivity contribution in [3.8, 4) is 0 Å². The van der Waals surface area contributed by atoms with Gasteiger partial charge in [0.15, 0.2) is 0 Å². The third-order valence-electron chi connectivity index (χ3n) is 5.71. The number of nitrogens with zero attached hydrogens (tertiary/aromatic N) is 2. The molecule has 140 valence electrons. The maximum absolute atomic E-state index is 13.0. The second-order valence-corrected chi connectivity index (χ2v) is 10.0. The molecule has 2 saturated heterocycles. The van der Waals surface area contributed by atoms with Crippen LogP contribution >= 0.6 is 11.3 Å². The Morgan fingerprint density at radius 1 is 1.32 bits per heavy atom. The number of carbonyl (C=O) groups is 1. The van der Waals surface area contributed by atoms with Crippen molar-refractivity contribution in [1.29, 1.82) is 0 Å². The van der Waals surface area contributed by atoms with Crippen LogP contribution in [0.3, 0.4) is 0 Å². The number of likely N-dealkylation sites (tertiary alicyclic amines) is 2. The second-order valence-electron chi connectivity index (χ2n) is 7.42. The SMILES string of the molecule is CN1CCC2(CCCN(C(=O)c3ccsc3)[C@H]2CNS(C)(=O)=O)CC1. The Morgan fingerprint density at radius 3 is 2.64 bits per heavy atom. The van der Waals surface area contributed by atoms with E-state index in [-0.39, 0.29) is 17.4 Å². The van der Waals surface area contributed by atoms with E-state index in [1.54, 1.807) is 0 Å². The lowest BCUT2D eigenvalue weighted by Crippen LogP contribution is -2.61. The first-order valence-corrected chi connectivity index (χ1v) is 11.6. The molecule has 3 heterocycles. The Bertz CT molecular complexity index is 695. The number of sulfonamides is 1. The average molecular weight is 386 g/mol. The fourth-order valence-electron chi connectivity index (χ4n) is 4.25. The van der Waals surface area contributed by atoms with Crippen LogP contribution in [0.1, 0.15) is 36.0 Å². The number of hydrogen-bond donors (Lipinski definition) is 1. The molecule has 0 saturated carbocycles. The van der Waals surface area contributed by atoms with Crippen molar-refractivity contribution in [2.45, 2.75) is 31.7 Å². The maximum Gasteiger partial charge on any atom is 0.255 e. The summed E-state index contributed by atoms with van der Waals surface area (Å²) in [6, 6.07) is 1.77. The molecule has 25 heavy (non-hydrogen) atoms. The number of rotatable bonds is 4. The summed E-state index contributed by atoms with van der Waals surface area (Å²) in [6.45, 7) is 2.99. The minimum atomic E-state index is -3.29. The first-order valence-electron chi connectivity index (χ1n) is 8.77. The Morgan fingerprint density at radius 2 is 2.04 bits per heavy atom. The van der Waals surface area contributed by atoms with E-state index in [4.69, 9.17) is 0 Å². The third-order valence-corrected chi connectivity index (χ3v) is 7.08. The molecular formula is C17H27N3O3S2. The summed E-state index contributed by atoms with van der Waals surface area (Å²) in [4.78, 5) is 17.3. The lowest BCUT2D eigenvalue weighted by atomic mass is 9.66. The minimum absolute atomic E-state index is 0.00807. The van der Waals surface area contributed by atoms with Gasteiger partial charge in [0.25, 0.3) is 5.91 Å². The quantitative estimate of drug-likeness (QED) is 0.855. The van der Waals surface area contributed by atoms with E-state index in [0.29, 0.717) is 18.7 Å². The smallest absolute Gasteiger partial charge is 0.255 e. The van der Waals surface area contributed by atoms with Crippen molar-refractivity contribution in [2.75, 3.05) is 39.5 Å². The van der Waals surface area contributed by atoms with Crippen molar-refractivity contribution in [3.05, 3.63) is 22.4 Å². The van der Waals surface area contributed by atoms with Gasteiger partial charge in [0.05, 0.1) is 17.9 Å². The molecule has 0 aliphatic carbocycles. The number of nitrogens with one attached hydrogen (secondary N) is 1. The summed E-state index contributed by atoms with van der Waals surface area (Å²) >= 11 is 1.51. The molecule has 1 atom stereocenters. The number of thiophene rings is 1. The lowest BCUT2D eigenvalue weighted by molar-refractivity contribution is -0.0168. The van der Waals surface area contributed by atoms with Gasteiger partial charge in [0.1, 0.15) is 0 Å². The number of piperidine rings is 2. The first kappa shape index (κ1) is 18.8. The molecule has 1 spiro atoms. The van der Waals surface area contributed by atoms with Crippen LogP contribution in [0.15, 0.2) is 16.8 Å². The van der Waals surface area contributed by atoms with Gasteiger partial charge in [-0.05, 0) is 62.7 Å². The molecule has 3 rings (SSSR count). The highest BCUT2D eigenvalue weighted by atomic mass is 32.2. The van der Waals surface area contributed by atoms with Crippen LogP contribution in [0.25, 0.3) is 0 Å². The van der Waals surface area contributed by atoms with Gasteiger partial charge in [0, 0.05) is 18.5 Å². The molecule has 2 fully saturated rings. The van der Waals surface area contributed by atoms with Gasteiger partial charge < -0.3 is 9.80 Å². The molecule has 6 nitrogen and oxygen atoms in total. The molecular weight excluding hydrogens is 358 g/mol. The van der Waals surface area contributed by atoms with Crippen molar-refractivity contribution in [1.82, 2.24) is 14.5 Å². The average Bonchev–Trinajstić information content (AvgIpc) is 3.09. The van der Waals surface area contributed by atoms with E-state index in [2.05, 4.69) is 16.7 Å². The number of amides is 1. The van der Waals surface area contributed by atoms with E-state index < -0.39 is 10.0 Å². The van der Waals surface area contributed by atoms with Crippen LogP contribution < -0.4 is 4.72 Å². The fourth-order valence-corrected chi connectivity index (χ4v) is 5.34. The van der Waals surface area contributed by atoms with Crippen molar-refractivity contribution in [3.63, 3.8) is 0 Å². The normalized spacial score (nSPS) is 24.6. The summed E-state index contributed by atoms with van der Waals surface area (Å²) in [5.74, 6) is 0.0274. The molecule has 2 aliphatic rings. The van der Waals surface area contributed by atoms with Gasteiger partial charge in [-0.3, -0.25) is 4.79 Å². The van der Waals surface area contributed by atoms with Gasteiger partial charge in [0.2, 0.25) is 10.0 Å². The van der Waals surface area contributed by atoms with Gasteiger partial charge in [-0.2, -0.15) is 11.3 Å². The molecule has 1 amide bonds. The summed E-state index contributed by atoms with van der Waals surface area (Å²) in [6.07, 6.45) is 5.24. The Balaban J connectivity index is 1.88. The molecule has 1 aromatic heterocycles. The monoisotopic (exact) mass is 385 g/mol. The van der Waals surface area contributed by atoms with E-state index in [1.165, 1.54) is 17.6 Å². The number of hydrogen-bond acceptors (Lipinski definition) is 5. The van der Waals surface area contributed by atoms with E-state index >= 15 is 0 Å². The molecule has 0 unspecified atom stereocenters. The largest absolute Gasteiger partial charge is 0.334 e. The van der Waals surface area contributed by atoms with E-state index in [1.807, 2.05) is 21.7 Å². The highest BCUT2D eigenvalue weighted by Gasteiger charge is 2.47. The second kappa shape index (κ2) is 7.34. The summed E-state index contributed by atoms with van der Waals surface area (Å²) < 4.78 is 26.0. The predicted octanol–water partition coefficient (Wildman–Crippen LogP) is 1.61. The van der Waals surface area contributed by atoms with Gasteiger partial charge in [-0.25, -0.2) is 13.1 Å². The minimum Gasteiger partial charge on any atom is -0.334 e. The van der Waals surface area contributed by atoms with E-state index in [9.17, 15) is 13.2 Å². The Hall–Kier alpha value is -0.960. The van der Waals surface area contributed by atoms with Crippen LogP contribution in [0.2, 0.25) is 0 Å². The third kappa shape index (κ3) is 4.24. The zero-order valence-corrected chi connectivity index (χ0v) is 16.5. The van der Waals surface area contributed by atoms with Gasteiger partial charge in [-0.1, -0.05) is 0 Å². The van der Waals surface area contributed by atoms with Crippen LogP contribution in [0.4, 0.5) is 0 Å².